The molecular weight excluding hydrogens is 454 g/mol. The van der Waals surface area contributed by atoms with Crippen LogP contribution < -0.4 is 5.32 Å². The van der Waals surface area contributed by atoms with E-state index in [-0.39, 0.29) is 19.2 Å². The standard InChI is InChI=1S/C20H17F8NOS/c21-14-5-7-16(8-6-14)31-17(9-15(10-30)29-11-17)12-1-3-13(4-2-12)18(22,19(23,24)25)20(26,27)28/h1-8,15,29-30H,9-11H2. The average Bonchev–Trinajstić information content (AvgIpc) is 3.12. The Kier molecular flexibility index (Phi) is 6.34. The highest BCUT2D eigenvalue weighted by molar-refractivity contribution is 8.00. The van der Waals surface area contributed by atoms with Gasteiger partial charge in [-0.05, 0) is 36.2 Å². The molecule has 0 bridgehead atoms. The molecule has 2 nitrogen and oxygen atoms in total. The third-order valence-electron chi connectivity index (χ3n) is 5.19. The molecule has 1 fully saturated rings. The number of aliphatic hydroxyl groups excluding tert-OH is 1. The zero-order valence-corrected chi connectivity index (χ0v) is 16.5. The lowest BCUT2D eigenvalue weighted by atomic mass is 9.89. The van der Waals surface area contributed by atoms with Crippen LogP contribution in [0.15, 0.2) is 53.4 Å². The molecule has 1 saturated heterocycles. The molecule has 31 heavy (non-hydrogen) atoms. The lowest BCUT2D eigenvalue weighted by Gasteiger charge is -2.32. The number of hydrogen-bond acceptors (Lipinski definition) is 3. The van der Waals surface area contributed by atoms with Gasteiger partial charge in [0, 0.05) is 23.0 Å². The Morgan fingerprint density at radius 1 is 0.903 bits per heavy atom. The van der Waals surface area contributed by atoms with Gasteiger partial charge >= 0.3 is 18.0 Å². The van der Waals surface area contributed by atoms with Crippen molar-refractivity contribution in [2.45, 2.75) is 40.1 Å². The molecule has 0 saturated carbocycles. The highest BCUT2D eigenvalue weighted by Crippen LogP contribution is 2.54. The first kappa shape index (κ1) is 23.8. The summed E-state index contributed by atoms with van der Waals surface area (Å²) < 4.78 is 105. The van der Waals surface area contributed by atoms with Crippen LogP contribution >= 0.6 is 11.8 Å². The van der Waals surface area contributed by atoms with E-state index >= 15 is 0 Å². The van der Waals surface area contributed by atoms with Crippen LogP contribution in [0.4, 0.5) is 35.1 Å². The second kappa shape index (κ2) is 8.25. The van der Waals surface area contributed by atoms with E-state index in [1.54, 1.807) is 0 Å². The molecule has 2 aromatic rings. The molecule has 2 atom stereocenters. The number of hydrogen-bond donors (Lipinski definition) is 2. The maximum absolute atomic E-state index is 14.3. The van der Waals surface area contributed by atoms with Crippen molar-refractivity contribution in [1.29, 1.82) is 0 Å². The zero-order chi connectivity index (χ0) is 23.1. The first-order valence-corrected chi connectivity index (χ1v) is 9.86. The largest absolute Gasteiger partial charge is 0.435 e. The van der Waals surface area contributed by atoms with Gasteiger partial charge in [0.25, 0.3) is 0 Å². The van der Waals surface area contributed by atoms with Crippen LogP contribution in [0.25, 0.3) is 0 Å². The highest BCUT2D eigenvalue weighted by Gasteiger charge is 2.73. The van der Waals surface area contributed by atoms with Crippen molar-refractivity contribution in [3.63, 3.8) is 0 Å². The van der Waals surface area contributed by atoms with Crippen LogP contribution in [-0.2, 0) is 10.4 Å². The summed E-state index contributed by atoms with van der Waals surface area (Å²) in [5.41, 5.74) is -6.72. The number of thioether (sulfide) groups is 1. The van der Waals surface area contributed by atoms with Gasteiger partial charge in [0.05, 0.1) is 11.4 Å². The van der Waals surface area contributed by atoms with E-state index in [4.69, 9.17) is 0 Å². The topological polar surface area (TPSA) is 32.3 Å². The summed E-state index contributed by atoms with van der Waals surface area (Å²) in [5, 5.41) is 12.5. The number of nitrogens with one attached hydrogen (secondary N) is 1. The quantitative estimate of drug-likeness (QED) is 0.569. The predicted molar refractivity (Wildman–Crippen MR) is 98.8 cm³/mol. The van der Waals surface area contributed by atoms with Gasteiger partial charge in [-0.15, -0.1) is 11.8 Å². The van der Waals surface area contributed by atoms with Crippen molar-refractivity contribution in [3.8, 4) is 0 Å². The van der Waals surface area contributed by atoms with E-state index in [0.29, 0.717) is 29.0 Å². The Hall–Kier alpha value is -1.85. The number of rotatable bonds is 5. The molecule has 1 aliphatic rings. The molecule has 1 heterocycles. The molecule has 1 aliphatic heterocycles. The van der Waals surface area contributed by atoms with Crippen molar-refractivity contribution >= 4 is 11.8 Å². The van der Waals surface area contributed by atoms with Crippen LogP contribution in [0, 0.1) is 5.82 Å². The molecule has 2 N–H and O–H groups in total. The van der Waals surface area contributed by atoms with Gasteiger partial charge < -0.3 is 10.4 Å². The van der Waals surface area contributed by atoms with Gasteiger partial charge in [-0.2, -0.15) is 26.3 Å². The Balaban J connectivity index is 2.01. The summed E-state index contributed by atoms with van der Waals surface area (Å²) in [6, 6.07) is 8.07. The van der Waals surface area contributed by atoms with Gasteiger partial charge in [-0.3, -0.25) is 0 Å². The first-order valence-electron chi connectivity index (χ1n) is 9.04. The Bertz CT molecular complexity index is 883. The van der Waals surface area contributed by atoms with Crippen LogP contribution in [0.5, 0.6) is 0 Å². The van der Waals surface area contributed by atoms with E-state index in [1.807, 2.05) is 0 Å². The number of aliphatic hydroxyl groups is 1. The third kappa shape index (κ3) is 4.40. The Morgan fingerprint density at radius 3 is 1.90 bits per heavy atom. The predicted octanol–water partition coefficient (Wildman–Crippen LogP) is 5.46. The normalized spacial score (nSPS) is 22.7. The van der Waals surface area contributed by atoms with Gasteiger partial charge in [-0.1, -0.05) is 24.3 Å². The second-order valence-corrected chi connectivity index (χ2v) is 8.70. The van der Waals surface area contributed by atoms with Gasteiger partial charge in [-0.25, -0.2) is 8.78 Å². The van der Waals surface area contributed by atoms with Crippen molar-refractivity contribution in [3.05, 3.63) is 65.5 Å². The molecular formula is C20H17F8NOS. The molecule has 2 aromatic carbocycles. The number of halogens is 8. The number of benzene rings is 2. The van der Waals surface area contributed by atoms with Crippen molar-refractivity contribution in [1.82, 2.24) is 5.32 Å². The highest BCUT2D eigenvalue weighted by atomic mass is 32.2. The minimum absolute atomic E-state index is 0.235. The summed E-state index contributed by atoms with van der Waals surface area (Å²) in [7, 11) is 0. The molecule has 0 spiro atoms. The van der Waals surface area contributed by atoms with Crippen LogP contribution in [0.3, 0.4) is 0 Å². The molecule has 0 amide bonds. The fourth-order valence-electron chi connectivity index (χ4n) is 3.56. The third-order valence-corrected chi connectivity index (χ3v) is 6.63. The van der Waals surface area contributed by atoms with Crippen LogP contribution in [-0.4, -0.2) is 36.7 Å². The molecule has 0 aliphatic carbocycles. The maximum atomic E-state index is 14.3. The van der Waals surface area contributed by atoms with E-state index in [0.717, 1.165) is 12.1 Å². The summed E-state index contributed by atoms with van der Waals surface area (Å²) in [6.07, 6.45) is -12.1. The Morgan fingerprint density at radius 2 is 1.45 bits per heavy atom. The van der Waals surface area contributed by atoms with Crippen LogP contribution in [0.1, 0.15) is 17.5 Å². The molecule has 0 radical (unpaired) electrons. The van der Waals surface area contributed by atoms with Gasteiger partial charge in [0.1, 0.15) is 5.82 Å². The van der Waals surface area contributed by atoms with Crippen LogP contribution in [0.2, 0.25) is 0 Å². The number of alkyl halides is 7. The molecule has 170 valence electrons. The fourth-order valence-corrected chi connectivity index (χ4v) is 4.97. The molecule has 3 rings (SSSR count). The Labute approximate surface area is 176 Å². The summed E-state index contributed by atoms with van der Waals surface area (Å²) in [5.74, 6) is -0.473. The molecule has 0 aromatic heterocycles. The SMILES string of the molecule is OCC1CC(Sc2ccc(F)cc2)(c2ccc(C(F)(C(F)(F)F)C(F)(F)F)cc2)CN1. The lowest BCUT2D eigenvalue weighted by molar-refractivity contribution is -0.348. The van der Waals surface area contributed by atoms with Gasteiger partial charge in [0.15, 0.2) is 0 Å². The lowest BCUT2D eigenvalue weighted by Crippen LogP contribution is -2.50. The van der Waals surface area contributed by atoms with Crippen molar-refractivity contribution in [2.75, 3.05) is 13.2 Å². The van der Waals surface area contributed by atoms with E-state index in [2.05, 4.69) is 5.32 Å². The molecule has 11 heteroatoms. The first-order chi connectivity index (χ1) is 14.3. The fraction of sp³-hybridized carbons (Fsp3) is 0.400. The second-order valence-electron chi connectivity index (χ2n) is 7.25. The monoisotopic (exact) mass is 471 g/mol. The minimum atomic E-state index is -6.19. The smallest absolute Gasteiger partial charge is 0.395 e. The van der Waals surface area contributed by atoms with E-state index in [1.165, 1.54) is 36.0 Å². The molecule has 2 unspecified atom stereocenters. The minimum Gasteiger partial charge on any atom is -0.395 e. The van der Waals surface area contributed by atoms with Gasteiger partial charge in [0.2, 0.25) is 0 Å². The van der Waals surface area contributed by atoms with E-state index < -0.39 is 34.1 Å². The zero-order valence-electron chi connectivity index (χ0n) is 15.7. The van der Waals surface area contributed by atoms with Crippen molar-refractivity contribution in [2.24, 2.45) is 0 Å². The summed E-state index contributed by atoms with van der Waals surface area (Å²) in [6.45, 7) is -0.00151. The van der Waals surface area contributed by atoms with E-state index in [9.17, 15) is 40.2 Å². The summed E-state index contributed by atoms with van der Waals surface area (Å²) in [4.78, 5) is 0.608. The maximum Gasteiger partial charge on any atom is 0.435 e. The van der Waals surface area contributed by atoms with Crippen molar-refractivity contribution < 1.29 is 40.2 Å². The average molecular weight is 471 g/mol. The summed E-state index contributed by atoms with van der Waals surface area (Å²) >= 11 is 1.23.